The minimum atomic E-state index is -0.796. The van der Waals surface area contributed by atoms with E-state index in [2.05, 4.69) is 5.32 Å². The molecule has 1 rings (SSSR count). The Hall–Kier alpha value is -2.04. The molecule has 1 atom stereocenters. The van der Waals surface area contributed by atoms with Gasteiger partial charge in [0.15, 0.2) is 0 Å². The van der Waals surface area contributed by atoms with E-state index < -0.39 is 23.7 Å². The highest BCUT2D eigenvalue weighted by Gasteiger charge is 2.22. The van der Waals surface area contributed by atoms with Crippen LogP contribution in [0.15, 0.2) is 12.1 Å². The minimum Gasteiger partial charge on any atom is -0.444 e. The highest BCUT2D eigenvalue weighted by atomic mass is 16.6. The molecule has 1 unspecified atom stereocenters. The Morgan fingerprint density at radius 1 is 1.14 bits per heavy atom. The SMILES string of the molecule is Cc1cc(C)c(C)c(OC(=O)C(C)NC(=O)OC(C)(C)C)c1. The monoisotopic (exact) mass is 307 g/mol. The molecule has 0 saturated carbocycles. The number of carbonyl (C=O) groups is 2. The van der Waals surface area contributed by atoms with Crippen LogP contribution >= 0.6 is 0 Å². The van der Waals surface area contributed by atoms with Crippen molar-refractivity contribution < 1.29 is 19.1 Å². The zero-order valence-electron chi connectivity index (χ0n) is 14.4. The summed E-state index contributed by atoms with van der Waals surface area (Å²) >= 11 is 0. The summed E-state index contributed by atoms with van der Waals surface area (Å²) in [5.41, 5.74) is 2.36. The maximum atomic E-state index is 12.1. The molecule has 0 aromatic heterocycles. The summed E-state index contributed by atoms with van der Waals surface area (Å²) in [4.78, 5) is 23.8. The molecule has 22 heavy (non-hydrogen) atoms. The van der Waals surface area contributed by atoms with E-state index in [9.17, 15) is 9.59 Å². The van der Waals surface area contributed by atoms with Gasteiger partial charge in [-0.05, 0) is 71.2 Å². The van der Waals surface area contributed by atoms with Crippen LogP contribution in [0.4, 0.5) is 4.79 Å². The van der Waals surface area contributed by atoms with Crippen LogP contribution in [-0.4, -0.2) is 23.7 Å². The van der Waals surface area contributed by atoms with Crippen LogP contribution in [0.5, 0.6) is 5.75 Å². The number of amides is 1. The second kappa shape index (κ2) is 6.81. The summed E-state index contributed by atoms with van der Waals surface area (Å²) in [6.07, 6.45) is -0.644. The van der Waals surface area contributed by atoms with Gasteiger partial charge in [0, 0.05) is 0 Å². The third kappa shape index (κ3) is 5.39. The first kappa shape index (κ1) is 18.0. The summed E-state index contributed by atoms with van der Waals surface area (Å²) in [6.45, 7) is 12.6. The molecule has 0 aliphatic carbocycles. The number of benzene rings is 1. The fraction of sp³-hybridized carbons (Fsp3) is 0.529. The minimum absolute atomic E-state index is 0.514. The fourth-order valence-corrected chi connectivity index (χ4v) is 1.85. The zero-order valence-corrected chi connectivity index (χ0v) is 14.4. The molecule has 0 aliphatic heterocycles. The lowest BCUT2D eigenvalue weighted by Gasteiger charge is -2.21. The first-order valence-corrected chi connectivity index (χ1v) is 7.28. The van der Waals surface area contributed by atoms with Crippen molar-refractivity contribution in [2.75, 3.05) is 0 Å². The Bertz CT molecular complexity index is 573. The van der Waals surface area contributed by atoms with E-state index in [-0.39, 0.29) is 0 Å². The first-order chi connectivity index (χ1) is 9.99. The van der Waals surface area contributed by atoms with Crippen molar-refractivity contribution in [3.05, 3.63) is 28.8 Å². The van der Waals surface area contributed by atoms with E-state index in [1.165, 1.54) is 0 Å². The van der Waals surface area contributed by atoms with Gasteiger partial charge in [0.1, 0.15) is 17.4 Å². The second-order valence-electron chi connectivity index (χ2n) is 6.49. The Balaban J connectivity index is 2.71. The van der Waals surface area contributed by atoms with E-state index in [0.29, 0.717) is 5.75 Å². The van der Waals surface area contributed by atoms with Crippen molar-refractivity contribution in [3.63, 3.8) is 0 Å². The standard InChI is InChI=1S/C17H25NO4/c1-10-8-11(2)12(3)14(9-10)21-15(19)13(4)18-16(20)22-17(5,6)7/h8-9,13H,1-7H3,(H,18,20). The normalized spacial score (nSPS) is 12.5. The smallest absolute Gasteiger partial charge is 0.408 e. The summed E-state index contributed by atoms with van der Waals surface area (Å²) < 4.78 is 10.5. The van der Waals surface area contributed by atoms with E-state index in [1.807, 2.05) is 26.8 Å². The van der Waals surface area contributed by atoms with Crippen LogP contribution < -0.4 is 10.1 Å². The van der Waals surface area contributed by atoms with Crippen LogP contribution in [0, 0.1) is 20.8 Å². The third-order valence-corrected chi connectivity index (χ3v) is 3.06. The topological polar surface area (TPSA) is 64.6 Å². The number of esters is 1. The Kier molecular flexibility index (Phi) is 5.58. The number of carbonyl (C=O) groups excluding carboxylic acids is 2. The van der Waals surface area contributed by atoms with Crippen LogP contribution in [0.25, 0.3) is 0 Å². The van der Waals surface area contributed by atoms with E-state index in [0.717, 1.165) is 16.7 Å². The van der Waals surface area contributed by atoms with Crippen LogP contribution in [0.1, 0.15) is 44.4 Å². The molecule has 0 heterocycles. The molecule has 1 aromatic carbocycles. The van der Waals surface area contributed by atoms with E-state index in [4.69, 9.17) is 9.47 Å². The van der Waals surface area contributed by atoms with Gasteiger partial charge in [-0.1, -0.05) is 6.07 Å². The van der Waals surface area contributed by atoms with Gasteiger partial charge >= 0.3 is 12.1 Å². The molecule has 0 spiro atoms. The summed E-state index contributed by atoms with van der Waals surface area (Å²) in [7, 11) is 0. The highest BCUT2D eigenvalue weighted by molar-refractivity contribution is 5.82. The number of nitrogens with one attached hydrogen (secondary N) is 1. The van der Waals surface area contributed by atoms with Gasteiger partial charge < -0.3 is 14.8 Å². The number of hydrogen-bond acceptors (Lipinski definition) is 4. The quantitative estimate of drug-likeness (QED) is 0.686. The Morgan fingerprint density at radius 3 is 2.27 bits per heavy atom. The van der Waals surface area contributed by atoms with Crippen LogP contribution in [0.3, 0.4) is 0 Å². The first-order valence-electron chi connectivity index (χ1n) is 7.28. The van der Waals surface area contributed by atoms with Crippen molar-refractivity contribution in [2.45, 2.75) is 60.1 Å². The number of hydrogen-bond donors (Lipinski definition) is 1. The van der Waals surface area contributed by atoms with E-state index in [1.54, 1.807) is 33.8 Å². The summed E-state index contributed by atoms with van der Waals surface area (Å²) in [5, 5.41) is 2.47. The molecule has 0 radical (unpaired) electrons. The molecule has 0 saturated heterocycles. The van der Waals surface area contributed by atoms with Crippen molar-refractivity contribution in [1.29, 1.82) is 0 Å². The molecule has 0 fully saturated rings. The molecule has 5 heteroatoms. The van der Waals surface area contributed by atoms with Gasteiger partial charge in [-0.15, -0.1) is 0 Å². The average Bonchev–Trinajstić information content (AvgIpc) is 2.32. The number of aryl methyl sites for hydroxylation is 2. The van der Waals surface area contributed by atoms with Crippen LogP contribution in [-0.2, 0) is 9.53 Å². The third-order valence-electron chi connectivity index (χ3n) is 3.06. The highest BCUT2D eigenvalue weighted by Crippen LogP contribution is 2.23. The summed E-state index contributed by atoms with van der Waals surface area (Å²) in [5.74, 6) is -0.0145. The zero-order chi connectivity index (χ0) is 17.1. The van der Waals surface area contributed by atoms with Crippen LogP contribution in [0.2, 0.25) is 0 Å². The van der Waals surface area contributed by atoms with Gasteiger partial charge in [-0.3, -0.25) is 0 Å². The van der Waals surface area contributed by atoms with Gasteiger partial charge in [0.2, 0.25) is 0 Å². The predicted octanol–water partition coefficient (Wildman–Crippen LogP) is 3.43. The molecule has 122 valence electrons. The molecule has 0 aliphatic rings. The predicted molar refractivity (Wildman–Crippen MR) is 85.1 cm³/mol. The lowest BCUT2D eigenvalue weighted by Crippen LogP contribution is -2.43. The van der Waals surface area contributed by atoms with E-state index >= 15 is 0 Å². The van der Waals surface area contributed by atoms with Gasteiger partial charge in [0.05, 0.1) is 0 Å². The van der Waals surface area contributed by atoms with Gasteiger partial charge in [-0.2, -0.15) is 0 Å². The van der Waals surface area contributed by atoms with Gasteiger partial charge in [0.25, 0.3) is 0 Å². The Labute approximate surface area is 132 Å². The van der Waals surface area contributed by atoms with Crippen molar-refractivity contribution in [2.24, 2.45) is 0 Å². The fourth-order valence-electron chi connectivity index (χ4n) is 1.85. The number of ether oxygens (including phenoxy) is 2. The van der Waals surface area contributed by atoms with Gasteiger partial charge in [-0.25, -0.2) is 9.59 Å². The van der Waals surface area contributed by atoms with Crippen molar-refractivity contribution in [3.8, 4) is 5.75 Å². The van der Waals surface area contributed by atoms with Crippen molar-refractivity contribution >= 4 is 12.1 Å². The maximum absolute atomic E-state index is 12.1. The molecule has 1 N–H and O–H groups in total. The molecule has 0 bridgehead atoms. The number of rotatable bonds is 3. The molecular weight excluding hydrogens is 282 g/mol. The lowest BCUT2D eigenvalue weighted by atomic mass is 10.1. The second-order valence-corrected chi connectivity index (χ2v) is 6.49. The largest absolute Gasteiger partial charge is 0.444 e. The maximum Gasteiger partial charge on any atom is 0.408 e. The molecule has 5 nitrogen and oxygen atoms in total. The van der Waals surface area contributed by atoms with Crippen molar-refractivity contribution in [1.82, 2.24) is 5.32 Å². The summed E-state index contributed by atoms with van der Waals surface area (Å²) in [6, 6.07) is 3.03. The Morgan fingerprint density at radius 2 is 1.73 bits per heavy atom. The molecule has 1 aromatic rings. The average molecular weight is 307 g/mol. The molecular formula is C17H25NO4. The lowest BCUT2D eigenvalue weighted by molar-refractivity contribution is -0.136. The number of alkyl carbamates (subject to hydrolysis) is 1. The molecule has 1 amide bonds.